The summed E-state index contributed by atoms with van der Waals surface area (Å²) in [6.45, 7) is 1.87. The van der Waals surface area contributed by atoms with Gasteiger partial charge in [-0.25, -0.2) is 4.79 Å². The lowest BCUT2D eigenvalue weighted by molar-refractivity contribution is -0.116. The Bertz CT molecular complexity index is 1830. The SMILES string of the molecule is CCC(Sc1cccc(NC(=O)/C(=C\c2cc(OC)c(OC)cc2OC)NC(=O)c2ccccc2)c1)C(=O)Nc1cccc(C(=O)O)c1. The van der Waals surface area contributed by atoms with Gasteiger partial charge >= 0.3 is 5.97 Å². The van der Waals surface area contributed by atoms with Crippen LogP contribution in [-0.4, -0.2) is 55.4 Å². The highest BCUT2D eigenvalue weighted by atomic mass is 32.2. The molecule has 4 aromatic carbocycles. The number of methoxy groups -OCH3 is 3. The number of rotatable bonds is 14. The van der Waals surface area contributed by atoms with Crippen LogP contribution in [0, 0.1) is 0 Å². The van der Waals surface area contributed by atoms with E-state index in [1.165, 1.54) is 51.3 Å². The zero-order chi connectivity index (χ0) is 34.6. The Morgan fingerprint density at radius 3 is 2.02 bits per heavy atom. The highest BCUT2D eigenvalue weighted by Crippen LogP contribution is 2.36. The van der Waals surface area contributed by atoms with E-state index in [2.05, 4.69) is 16.0 Å². The van der Waals surface area contributed by atoms with Gasteiger partial charge in [-0.1, -0.05) is 37.3 Å². The van der Waals surface area contributed by atoms with Gasteiger partial charge in [0.2, 0.25) is 5.91 Å². The molecule has 0 aliphatic heterocycles. The van der Waals surface area contributed by atoms with Gasteiger partial charge in [0.1, 0.15) is 11.4 Å². The molecule has 0 saturated carbocycles. The number of benzene rings is 4. The molecule has 1 unspecified atom stereocenters. The predicted molar refractivity (Wildman–Crippen MR) is 185 cm³/mol. The Hall–Kier alpha value is -5.75. The van der Waals surface area contributed by atoms with Crippen LogP contribution in [0.1, 0.15) is 39.6 Å². The van der Waals surface area contributed by atoms with Gasteiger partial charge in [0.05, 0.1) is 32.1 Å². The second-order valence-electron chi connectivity index (χ2n) is 10.2. The van der Waals surface area contributed by atoms with Crippen LogP contribution in [-0.2, 0) is 9.59 Å². The monoisotopic (exact) mass is 669 g/mol. The summed E-state index contributed by atoms with van der Waals surface area (Å²) in [7, 11) is 4.45. The number of nitrogens with one attached hydrogen (secondary N) is 3. The summed E-state index contributed by atoms with van der Waals surface area (Å²) in [6.07, 6.45) is 1.96. The van der Waals surface area contributed by atoms with Crippen molar-refractivity contribution in [3.05, 3.63) is 113 Å². The smallest absolute Gasteiger partial charge is 0.335 e. The van der Waals surface area contributed by atoms with Gasteiger partial charge in [-0.3, -0.25) is 14.4 Å². The van der Waals surface area contributed by atoms with E-state index in [1.54, 1.807) is 72.8 Å². The zero-order valence-electron chi connectivity index (χ0n) is 26.7. The lowest BCUT2D eigenvalue weighted by atomic mass is 10.1. The summed E-state index contributed by atoms with van der Waals surface area (Å²) >= 11 is 1.29. The van der Waals surface area contributed by atoms with E-state index in [0.717, 1.165) is 0 Å². The van der Waals surface area contributed by atoms with E-state index < -0.39 is 23.0 Å². The lowest BCUT2D eigenvalue weighted by Gasteiger charge is -2.16. The van der Waals surface area contributed by atoms with Crippen molar-refractivity contribution in [3.63, 3.8) is 0 Å². The molecule has 0 aromatic heterocycles. The van der Waals surface area contributed by atoms with Crippen molar-refractivity contribution in [2.45, 2.75) is 23.5 Å². The number of anilines is 2. The Morgan fingerprint density at radius 1 is 0.750 bits per heavy atom. The van der Waals surface area contributed by atoms with Crippen LogP contribution < -0.4 is 30.2 Å². The van der Waals surface area contributed by atoms with Crippen molar-refractivity contribution in [3.8, 4) is 17.2 Å². The Morgan fingerprint density at radius 2 is 1.38 bits per heavy atom. The number of carboxylic acids is 1. The number of amides is 3. The Balaban J connectivity index is 1.58. The number of carbonyl (C=O) groups is 4. The predicted octanol–water partition coefficient (Wildman–Crippen LogP) is 6.33. The molecule has 4 rings (SSSR count). The van der Waals surface area contributed by atoms with Crippen LogP contribution in [0.3, 0.4) is 0 Å². The van der Waals surface area contributed by atoms with Crippen LogP contribution in [0.15, 0.2) is 102 Å². The highest BCUT2D eigenvalue weighted by molar-refractivity contribution is 8.00. The quantitative estimate of drug-likeness (QED) is 0.0892. The van der Waals surface area contributed by atoms with Gasteiger partial charge in [-0.05, 0) is 67.1 Å². The van der Waals surface area contributed by atoms with Gasteiger partial charge in [-0.2, -0.15) is 0 Å². The average molecular weight is 670 g/mol. The molecule has 248 valence electrons. The minimum Gasteiger partial charge on any atom is -0.496 e. The van der Waals surface area contributed by atoms with Crippen LogP contribution >= 0.6 is 11.8 Å². The summed E-state index contributed by atoms with van der Waals surface area (Å²) in [6, 6.07) is 24.7. The van der Waals surface area contributed by atoms with E-state index in [0.29, 0.717) is 51.1 Å². The van der Waals surface area contributed by atoms with Gasteiger partial charge in [0, 0.05) is 33.5 Å². The molecule has 4 aromatic rings. The van der Waals surface area contributed by atoms with E-state index in [4.69, 9.17) is 14.2 Å². The van der Waals surface area contributed by atoms with Crippen molar-refractivity contribution < 1.29 is 38.5 Å². The molecule has 0 fully saturated rings. The first-order valence-corrected chi connectivity index (χ1v) is 15.6. The fourth-order valence-electron chi connectivity index (χ4n) is 4.55. The maximum Gasteiger partial charge on any atom is 0.335 e. The summed E-state index contributed by atoms with van der Waals surface area (Å²) < 4.78 is 16.3. The summed E-state index contributed by atoms with van der Waals surface area (Å²) in [5.74, 6) is -1.29. The molecule has 0 heterocycles. The molecule has 0 aliphatic carbocycles. The number of aromatic carboxylic acids is 1. The first kappa shape index (κ1) is 35.1. The zero-order valence-corrected chi connectivity index (χ0v) is 27.6. The second-order valence-corrected chi connectivity index (χ2v) is 11.5. The third kappa shape index (κ3) is 9.17. The van der Waals surface area contributed by atoms with Crippen LogP contribution in [0.5, 0.6) is 17.2 Å². The van der Waals surface area contributed by atoms with E-state index in [1.807, 2.05) is 13.0 Å². The molecule has 0 spiro atoms. The molecular formula is C36H35N3O8S. The normalized spacial score (nSPS) is 11.5. The summed E-state index contributed by atoms with van der Waals surface area (Å²) in [5.41, 5.74) is 1.60. The van der Waals surface area contributed by atoms with Crippen molar-refractivity contribution in [1.82, 2.24) is 5.32 Å². The molecule has 11 nitrogen and oxygen atoms in total. The first-order valence-electron chi connectivity index (χ1n) is 14.8. The Labute approximate surface area is 282 Å². The molecule has 0 saturated heterocycles. The summed E-state index contributed by atoms with van der Waals surface area (Å²) in [5, 5.41) is 17.1. The number of carbonyl (C=O) groups excluding carboxylic acids is 3. The molecular weight excluding hydrogens is 634 g/mol. The molecule has 48 heavy (non-hydrogen) atoms. The maximum absolute atomic E-state index is 13.7. The number of carboxylic acid groups (broad SMARTS) is 1. The van der Waals surface area contributed by atoms with Gasteiger partial charge in [0.25, 0.3) is 11.8 Å². The fourth-order valence-corrected chi connectivity index (χ4v) is 5.56. The molecule has 0 radical (unpaired) electrons. The summed E-state index contributed by atoms with van der Waals surface area (Å²) in [4.78, 5) is 52.0. The van der Waals surface area contributed by atoms with Crippen molar-refractivity contribution in [2.24, 2.45) is 0 Å². The second kappa shape index (κ2) is 16.7. The van der Waals surface area contributed by atoms with E-state index in [9.17, 15) is 24.3 Å². The minimum absolute atomic E-state index is 0.0647. The standard InChI is InChI=1S/C36H35N3O8S/c1-5-32(35(42)38-25-14-9-13-23(17-25)36(43)44)48-27-16-10-15-26(20-27)37-34(41)28(39-33(40)22-11-7-6-8-12-22)18-24-19-30(46-3)31(47-4)21-29(24)45-2/h6-21,32H,5H2,1-4H3,(H,37,41)(H,38,42)(H,39,40)(H,43,44)/b28-18+. The number of hydrogen-bond acceptors (Lipinski definition) is 8. The molecule has 0 bridgehead atoms. The number of hydrogen-bond donors (Lipinski definition) is 4. The average Bonchev–Trinajstić information content (AvgIpc) is 3.10. The van der Waals surface area contributed by atoms with Gasteiger partial charge < -0.3 is 35.3 Å². The van der Waals surface area contributed by atoms with E-state index >= 15 is 0 Å². The molecule has 3 amide bonds. The van der Waals surface area contributed by atoms with Crippen LogP contribution in [0.4, 0.5) is 11.4 Å². The minimum atomic E-state index is -1.09. The molecule has 0 aliphatic rings. The number of ether oxygens (including phenoxy) is 3. The van der Waals surface area contributed by atoms with Gasteiger partial charge in [0.15, 0.2) is 11.5 Å². The van der Waals surface area contributed by atoms with Crippen molar-refractivity contribution >= 4 is 52.9 Å². The molecule has 12 heteroatoms. The topological polar surface area (TPSA) is 152 Å². The lowest BCUT2D eigenvalue weighted by Crippen LogP contribution is -2.30. The fraction of sp³-hybridized carbons (Fsp3) is 0.167. The third-order valence-corrected chi connectivity index (χ3v) is 8.33. The van der Waals surface area contributed by atoms with Crippen LogP contribution in [0.25, 0.3) is 6.08 Å². The van der Waals surface area contributed by atoms with Gasteiger partial charge in [-0.15, -0.1) is 11.8 Å². The van der Waals surface area contributed by atoms with Crippen molar-refractivity contribution in [2.75, 3.05) is 32.0 Å². The third-order valence-electron chi connectivity index (χ3n) is 6.98. The first-order chi connectivity index (χ1) is 23.1. The largest absolute Gasteiger partial charge is 0.496 e. The Kier molecular flexibility index (Phi) is 12.2. The maximum atomic E-state index is 13.7. The molecule has 1 atom stereocenters. The van der Waals surface area contributed by atoms with Crippen LogP contribution in [0.2, 0.25) is 0 Å². The van der Waals surface area contributed by atoms with E-state index in [-0.39, 0.29) is 17.2 Å². The molecule has 4 N–H and O–H groups in total. The highest BCUT2D eigenvalue weighted by Gasteiger charge is 2.21. The number of thioether (sulfide) groups is 1. The van der Waals surface area contributed by atoms with Crippen molar-refractivity contribution in [1.29, 1.82) is 0 Å².